The minimum atomic E-state index is -1.09. The van der Waals surface area contributed by atoms with Crippen molar-refractivity contribution in [1.82, 2.24) is 0 Å². The van der Waals surface area contributed by atoms with E-state index in [1.807, 2.05) is 0 Å². The number of hydrogen-bond acceptors (Lipinski definition) is 7. The lowest BCUT2D eigenvalue weighted by atomic mass is 9.39. The van der Waals surface area contributed by atoms with Gasteiger partial charge in [-0.05, 0) is 70.1 Å². The molecule has 2 heterocycles. The molecule has 1 N–H and O–H groups in total. The number of ether oxygens (including phenoxy) is 4. The van der Waals surface area contributed by atoms with E-state index in [9.17, 15) is 19.5 Å². The van der Waals surface area contributed by atoms with Crippen molar-refractivity contribution in [3.8, 4) is 0 Å². The van der Waals surface area contributed by atoms with Gasteiger partial charge in [-0.1, -0.05) is 0 Å². The third kappa shape index (κ3) is 3.65. The maximum absolute atomic E-state index is 13.4. The Hall–Kier alpha value is -1.67. The third-order valence-electron chi connectivity index (χ3n) is 8.14. The predicted molar refractivity (Wildman–Crippen MR) is 105 cm³/mol. The molecule has 4 bridgehead atoms. The molecule has 8 nitrogen and oxygen atoms in total. The summed E-state index contributed by atoms with van der Waals surface area (Å²) in [7, 11) is 0. The monoisotopic (exact) mass is 436 g/mol. The number of carbonyl (C=O) groups is 3. The van der Waals surface area contributed by atoms with Crippen LogP contribution in [0.2, 0.25) is 0 Å². The average molecular weight is 437 g/mol. The summed E-state index contributed by atoms with van der Waals surface area (Å²) in [5.74, 6) is -1.73. The molecule has 31 heavy (non-hydrogen) atoms. The standard InChI is InChI=1S/C23H32O8/c24-18(25)21-9-15-10-22(12-21,19(26)30-16-5-1-3-7-28-16)14-23(11-15,13-21)20(27)31-17-6-2-4-8-29-17/h15-17H,1-14H2,(H,24,25). The van der Waals surface area contributed by atoms with Crippen LogP contribution in [0, 0.1) is 22.2 Å². The zero-order valence-corrected chi connectivity index (χ0v) is 17.9. The molecule has 6 fully saturated rings. The Morgan fingerprint density at radius 2 is 1.16 bits per heavy atom. The number of carbonyl (C=O) groups excluding carboxylic acids is 2. The van der Waals surface area contributed by atoms with Crippen molar-refractivity contribution in [3.05, 3.63) is 0 Å². The first-order chi connectivity index (χ1) is 14.8. The molecule has 0 radical (unpaired) electrons. The van der Waals surface area contributed by atoms with Crippen LogP contribution in [-0.2, 0) is 33.3 Å². The summed E-state index contributed by atoms with van der Waals surface area (Å²) >= 11 is 0. The molecule has 0 spiro atoms. The maximum atomic E-state index is 13.4. The van der Waals surface area contributed by atoms with Crippen molar-refractivity contribution in [2.75, 3.05) is 13.2 Å². The average Bonchev–Trinajstić information content (AvgIpc) is 2.74. The number of hydrogen-bond donors (Lipinski definition) is 1. The molecule has 4 saturated carbocycles. The predicted octanol–water partition coefficient (Wildman–Crippen LogP) is 3.17. The Bertz CT molecular complexity index is 703. The van der Waals surface area contributed by atoms with Gasteiger partial charge in [-0.25, -0.2) is 0 Å². The van der Waals surface area contributed by atoms with Crippen molar-refractivity contribution in [2.45, 2.75) is 89.6 Å². The van der Waals surface area contributed by atoms with Gasteiger partial charge in [-0.15, -0.1) is 0 Å². The van der Waals surface area contributed by atoms with E-state index in [1.54, 1.807) is 0 Å². The third-order valence-corrected chi connectivity index (χ3v) is 8.14. The van der Waals surface area contributed by atoms with Crippen molar-refractivity contribution in [3.63, 3.8) is 0 Å². The van der Waals surface area contributed by atoms with Crippen LogP contribution >= 0.6 is 0 Å². The molecule has 2 aliphatic heterocycles. The molecule has 4 unspecified atom stereocenters. The van der Waals surface area contributed by atoms with Crippen LogP contribution < -0.4 is 0 Å². The maximum Gasteiger partial charge on any atom is 0.314 e. The Labute approximate surface area is 181 Å². The molecule has 2 saturated heterocycles. The second-order valence-corrected chi connectivity index (χ2v) is 10.6. The minimum Gasteiger partial charge on any atom is -0.481 e. The summed E-state index contributed by atoms with van der Waals surface area (Å²) in [4.78, 5) is 39.2. The van der Waals surface area contributed by atoms with Gasteiger partial charge in [0.05, 0.1) is 29.5 Å². The molecule has 0 aromatic rings. The van der Waals surface area contributed by atoms with Crippen LogP contribution in [0.4, 0.5) is 0 Å². The van der Waals surface area contributed by atoms with Gasteiger partial charge >= 0.3 is 17.9 Å². The zero-order chi connectivity index (χ0) is 21.7. The Morgan fingerprint density at radius 1 is 0.710 bits per heavy atom. The zero-order valence-electron chi connectivity index (χ0n) is 17.9. The smallest absolute Gasteiger partial charge is 0.314 e. The summed E-state index contributed by atoms with van der Waals surface area (Å²) in [6, 6.07) is 0. The van der Waals surface area contributed by atoms with Crippen molar-refractivity contribution < 1.29 is 38.4 Å². The number of carboxylic acid groups (broad SMARTS) is 1. The van der Waals surface area contributed by atoms with E-state index in [2.05, 4.69) is 0 Å². The van der Waals surface area contributed by atoms with Crippen LogP contribution in [0.3, 0.4) is 0 Å². The number of esters is 2. The first-order valence-electron chi connectivity index (χ1n) is 11.7. The molecule has 0 amide bonds. The van der Waals surface area contributed by atoms with Crippen molar-refractivity contribution in [2.24, 2.45) is 22.2 Å². The van der Waals surface area contributed by atoms with Gasteiger partial charge in [0.2, 0.25) is 12.6 Å². The summed E-state index contributed by atoms with van der Waals surface area (Å²) in [6.07, 6.45) is 6.32. The Morgan fingerprint density at radius 3 is 1.58 bits per heavy atom. The molecular weight excluding hydrogens is 404 g/mol. The summed E-state index contributed by atoms with van der Waals surface area (Å²) < 4.78 is 22.7. The van der Waals surface area contributed by atoms with E-state index < -0.39 is 46.7 Å². The lowest BCUT2D eigenvalue weighted by Gasteiger charge is -2.62. The van der Waals surface area contributed by atoms with E-state index in [0.29, 0.717) is 51.7 Å². The van der Waals surface area contributed by atoms with Gasteiger partial charge in [-0.3, -0.25) is 14.4 Å². The first-order valence-corrected chi connectivity index (χ1v) is 11.7. The highest BCUT2D eigenvalue weighted by molar-refractivity contribution is 5.87. The Balaban J connectivity index is 1.41. The van der Waals surface area contributed by atoms with Gasteiger partial charge < -0.3 is 24.1 Å². The SMILES string of the molecule is O=C(O)C12CC3CC(C(=O)OC4CCCCO4)(C1)CC(C(=O)OC1CCCCO1)(C3)C2. The quantitative estimate of drug-likeness (QED) is 0.655. The van der Waals surface area contributed by atoms with Crippen molar-refractivity contribution >= 4 is 17.9 Å². The van der Waals surface area contributed by atoms with E-state index in [1.165, 1.54) is 0 Å². The fourth-order valence-corrected chi connectivity index (χ4v) is 7.23. The first kappa shape index (κ1) is 21.2. The second kappa shape index (κ2) is 7.73. The lowest BCUT2D eigenvalue weighted by Crippen LogP contribution is -2.64. The molecule has 4 atom stereocenters. The van der Waals surface area contributed by atoms with E-state index in [0.717, 1.165) is 25.7 Å². The van der Waals surface area contributed by atoms with Gasteiger partial charge in [-0.2, -0.15) is 0 Å². The van der Waals surface area contributed by atoms with Gasteiger partial charge in [0.25, 0.3) is 0 Å². The summed E-state index contributed by atoms with van der Waals surface area (Å²) in [5, 5.41) is 10.2. The molecule has 0 aromatic heterocycles. The second-order valence-electron chi connectivity index (χ2n) is 10.6. The lowest BCUT2D eigenvalue weighted by molar-refractivity contribution is -0.237. The van der Waals surface area contributed by atoms with Crippen LogP contribution in [-0.4, -0.2) is 48.8 Å². The molecule has 0 aromatic carbocycles. The number of carboxylic acids is 1. The fraction of sp³-hybridized carbons (Fsp3) is 0.870. The molecule has 6 rings (SSSR count). The molecule has 8 heteroatoms. The van der Waals surface area contributed by atoms with Gasteiger partial charge in [0.1, 0.15) is 0 Å². The molecule has 4 aliphatic carbocycles. The molecule has 172 valence electrons. The Kier molecular flexibility index (Phi) is 5.28. The fourth-order valence-electron chi connectivity index (χ4n) is 7.23. The molecular formula is C23H32O8. The number of aliphatic carboxylic acids is 1. The van der Waals surface area contributed by atoms with Crippen LogP contribution in [0.1, 0.15) is 77.0 Å². The van der Waals surface area contributed by atoms with Crippen LogP contribution in [0.25, 0.3) is 0 Å². The van der Waals surface area contributed by atoms with E-state index in [4.69, 9.17) is 18.9 Å². The highest BCUT2D eigenvalue weighted by Gasteiger charge is 2.71. The van der Waals surface area contributed by atoms with Crippen LogP contribution in [0.15, 0.2) is 0 Å². The highest BCUT2D eigenvalue weighted by Crippen LogP contribution is 2.70. The molecule has 6 aliphatic rings. The summed E-state index contributed by atoms with van der Waals surface area (Å²) in [6.45, 7) is 1.12. The largest absolute Gasteiger partial charge is 0.481 e. The van der Waals surface area contributed by atoms with E-state index in [-0.39, 0.29) is 18.8 Å². The minimum absolute atomic E-state index is 0.00741. The van der Waals surface area contributed by atoms with Crippen molar-refractivity contribution in [1.29, 1.82) is 0 Å². The topological polar surface area (TPSA) is 108 Å². The van der Waals surface area contributed by atoms with Crippen LogP contribution in [0.5, 0.6) is 0 Å². The highest BCUT2D eigenvalue weighted by atomic mass is 16.7. The van der Waals surface area contributed by atoms with E-state index >= 15 is 0 Å². The summed E-state index contributed by atoms with van der Waals surface area (Å²) in [5.41, 5.74) is -3.02. The van der Waals surface area contributed by atoms with Gasteiger partial charge in [0.15, 0.2) is 0 Å². The van der Waals surface area contributed by atoms with Gasteiger partial charge in [0, 0.05) is 12.8 Å². The number of rotatable bonds is 5. The normalized spacial score (nSPS) is 43.9.